The average Bonchev–Trinajstić information content (AvgIpc) is 2.39. The van der Waals surface area contributed by atoms with Crippen molar-refractivity contribution in [1.82, 2.24) is 0 Å². The second-order valence-corrected chi connectivity index (χ2v) is 4.65. The van der Waals surface area contributed by atoms with Crippen molar-refractivity contribution in [3.05, 3.63) is 12.2 Å². The molecular formula is C10H16O. The van der Waals surface area contributed by atoms with Crippen LogP contribution in [0.4, 0.5) is 0 Å². The highest BCUT2D eigenvalue weighted by molar-refractivity contribution is 5.20. The Hall–Kier alpha value is -0.300. The number of aliphatic hydroxyl groups excluding tert-OH is 1. The van der Waals surface area contributed by atoms with E-state index < -0.39 is 0 Å². The predicted octanol–water partition coefficient (Wildman–Crippen LogP) is 1.97. The van der Waals surface area contributed by atoms with Crippen LogP contribution in [-0.2, 0) is 0 Å². The third kappa shape index (κ3) is 0.871. The van der Waals surface area contributed by atoms with E-state index in [9.17, 15) is 5.11 Å². The van der Waals surface area contributed by atoms with Gasteiger partial charge < -0.3 is 5.11 Å². The molecule has 0 heterocycles. The fraction of sp³-hybridized carbons (Fsp3) is 0.800. The molecule has 0 unspecified atom stereocenters. The molecule has 0 saturated heterocycles. The summed E-state index contributed by atoms with van der Waals surface area (Å²) in [6, 6.07) is 0. The molecule has 2 rings (SSSR count). The van der Waals surface area contributed by atoms with Crippen LogP contribution >= 0.6 is 0 Å². The Kier molecular flexibility index (Phi) is 1.26. The van der Waals surface area contributed by atoms with Crippen molar-refractivity contribution in [3.63, 3.8) is 0 Å². The summed E-state index contributed by atoms with van der Waals surface area (Å²) in [6.45, 7) is 8.49. The van der Waals surface area contributed by atoms with Gasteiger partial charge in [0.05, 0.1) is 6.10 Å². The van der Waals surface area contributed by atoms with Gasteiger partial charge in [0.2, 0.25) is 0 Å². The Bertz CT molecular complexity index is 205. The Morgan fingerprint density at radius 2 is 2.09 bits per heavy atom. The Balaban J connectivity index is 2.12. The molecular weight excluding hydrogens is 136 g/mol. The molecule has 0 aromatic carbocycles. The van der Waals surface area contributed by atoms with Crippen LogP contribution in [0.3, 0.4) is 0 Å². The molecule has 2 saturated carbocycles. The molecule has 0 bridgehead atoms. The van der Waals surface area contributed by atoms with Crippen LogP contribution in [-0.4, -0.2) is 11.2 Å². The first-order valence-electron chi connectivity index (χ1n) is 4.39. The Morgan fingerprint density at radius 3 is 2.64 bits per heavy atom. The van der Waals surface area contributed by atoms with Gasteiger partial charge >= 0.3 is 0 Å². The van der Waals surface area contributed by atoms with E-state index in [0.29, 0.717) is 5.41 Å². The third-order valence-electron chi connectivity index (χ3n) is 3.72. The average molecular weight is 152 g/mol. The maximum absolute atomic E-state index is 9.51. The summed E-state index contributed by atoms with van der Waals surface area (Å²) >= 11 is 0. The maximum Gasteiger partial charge on any atom is 0.0750 e. The lowest BCUT2D eigenvalue weighted by molar-refractivity contribution is 0.172. The molecule has 1 nitrogen and oxygen atoms in total. The first-order valence-corrected chi connectivity index (χ1v) is 4.39. The first-order chi connectivity index (χ1) is 5.03. The number of fused-ring (bicyclic) bond motifs is 1. The zero-order valence-corrected chi connectivity index (χ0v) is 7.30. The van der Waals surface area contributed by atoms with Gasteiger partial charge in [0.25, 0.3) is 0 Å². The lowest BCUT2D eigenvalue weighted by Gasteiger charge is -2.17. The highest BCUT2D eigenvalue weighted by Crippen LogP contribution is 2.65. The van der Waals surface area contributed by atoms with E-state index >= 15 is 0 Å². The lowest BCUT2D eigenvalue weighted by atomic mass is 9.94. The molecule has 11 heavy (non-hydrogen) atoms. The van der Waals surface area contributed by atoms with Gasteiger partial charge in [-0.15, -0.1) is 0 Å². The van der Waals surface area contributed by atoms with E-state index in [1.165, 1.54) is 0 Å². The van der Waals surface area contributed by atoms with Crippen LogP contribution in [0, 0.1) is 17.3 Å². The van der Waals surface area contributed by atoms with E-state index in [4.69, 9.17) is 0 Å². The van der Waals surface area contributed by atoms with Gasteiger partial charge in [-0.2, -0.15) is 0 Å². The van der Waals surface area contributed by atoms with Crippen LogP contribution in [0.5, 0.6) is 0 Å². The van der Waals surface area contributed by atoms with E-state index in [2.05, 4.69) is 20.4 Å². The molecule has 2 aliphatic carbocycles. The second-order valence-electron chi connectivity index (χ2n) is 4.65. The van der Waals surface area contributed by atoms with Crippen molar-refractivity contribution in [2.75, 3.05) is 0 Å². The Morgan fingerprint density at radius 1 is 1.45 bits per heavy atom. The van der Waals surface area contributed by atoms with Crippen molar-refractivity contribution in [1.29, 1.82) is 0 Å². The summed E-state index contributed by atoms with van der Waals surface area (Å²) in [5.74, 6) is 1.58. The summed E-state index contributed by atoms with van der Waals surface area (Å²) in [5, 5.41) is 9.51. The zero-order chi connectivity index (χ0) is 8.22. The molecule has 0 aromatic rings. The van der Waals surface area contributed by atoms with Crippen molar-refractivity contribution < 1.29 is 5.11 Å². The monoisotopic (exact) mass is 152 g/mol. The summed E-state index contributed by atoms with van der Waals surface area (Å²) in [6.07, 6.45) is 1.80. The molecule has 2 fully saturated rings. The normalized spacial score (nSPS) is 46.8. The molecule has 0 aliphatic heterocycles. The largest absolute Gasteiger partial charge is 0.389 e. The van der Waals surface area contributed by atoms with E-state index in [1.807, 2.05) is 0 Å². The topological polar surface area (TPSA) is 20.2 Å². The minimum absolute atomic E-state index is 0.210. The second kappa shape index (κ2) is 1.89. The third-order valence-corrected chi connectivity index (χ3v) is 3.72. The van der Waals surface area contributed by atoms with Crippen LogP contribution in [0.15, 0.2) is 12.2 Å². The molecule has 62 valence electrons. The van der Waals surface area contributed by atoms with Crippen molar-refractivity contribution >= 4 is 0 Å². The Labute approximate surface area is 68.1 Å². The maximum atomic E-state index is 9.51. The minimum Gasteiger partial charge on any atom is -0.389 e. The van der Waals surface area contributed by atoms with Gasteiger partial charge in [0.15, 0.2) is 0 Å². The quantitative estimate of drug-likeness (QED) is 0.526. The molecule has 0 radical (unpaired) electrons. The van der Waals surface area contributed by atoms with E-state index in [-0.39, 0.29) is 6.10 Å². The minimum atomic E-state index is -0.210. The van der Waals surface area contributed by atoms with Crippen LogP contribution in [0.2, 0.25) is 0 Å². The highest BCUT2D eigenvalue weighted by atomic mass is 16.3. The molecule has 0 amide bonds. The number of rotatable bonds is 0. The van der Waals surface area contributed by atoms with Gasteiger partial charge in [-0.05, 0) is 35.7 Å². The SMILES string of the molecule is C=C1C[C@H]2[C@@H](C[C@H]1O)C2(C)C. The fourth-order valence-corrected chi connectivity index (χ4v) is 2.56. The number of aliphatic hydroxyl groups is 1. The summed E-state index contributed by atoms with van der Waals surface area (Å²) in [7, 11) is 0. The lowest BCUT2D eigenvalue weighted by Crippen LogP contribution is -2.15. The van der Waals surface area contributed by atoms with Gasteiger partial charge in [0.1, 0.15) is 0 Å². The summed E-state index contributed by atoms with van der Waals surface area (Å²) < 4.78 is 0. The predicted molar refractivity (Wildman–Crippen MR) is 45.1 cm³/mol. The van der Waals surface area contributed by atoms with Crippen LogP contribution in [0.1, 0.15) is 26.7 Å². The molecule has 1 heteroatoms. The van der Waals surface area contributed by atoms with Gasteiger partial charge in [-0.25, -0.2) is 0 Å². The summed E-state index contributed by atoms with van der Waals surface area (Å²) in [4.78, 5) is 0. The van der Waals surface area contributed by atoms with Crippen molar-refractivity contribution in [2.45, 2.75) is 32.8 Å². The first kappa shape index (κ1) is 7.35. The fourth-order valence-electron chi connectivity index (χ4n) is 2.56. The standard InChI is InChI=1S/C10H16O/c1-6-4-7-8(5-9(6)11)10(7,2)3/h7-9,11H,1,4-5H2,2-3H3/t7-,8+,9+/m0/s1. The number of hydrogen-bond acceptors (Lipinski definition) is 1. The van der Waals surface area contributed by atoms with Gasteiger partial charge in [0, 0.05) is 0 Å². The van der Waals surface area contributed by atoms with Crippen LogP contribution < -0.4 is 0 Å². The van der Waals surface area contributed by atoms with E-state index in [1.54, 1.807) is 0 Å². The molecule has 1 N–H and O–H groups in total. The molecule has 0 spiro atoms. The number of hydrogen-bond donors (Lipinski definition) is 1. The van der Waals surface area contributed by atoms with Gasteiger partial charge in [-0.1, -0.05) is 20.4 Å². The van der Waals surface area contributed by atoms with Crippen molar-refractivity contribution in [3.8, 4) is 0 Å². The highest BCUT2D eigenvalue weighted by Gasteiger charge is 2.59. The smallest absolute Gasteiger partial charge is 0.0750 e. The molecule has 2 aliphatic rings. The molecule has 0 aromatic heterocycles. The van der Waals surface area contributed by atoms with Crippen molar-refractivity contribution in [2.24, 2.45) is 17.3 Å². The van der Waals surface area contributed by atoms with E-state index in [0.717, 1.165) is 30.3 Å². The van der Waals surface area contributed by atoms with Gasteiger partial charge in [-0.3, -0.25) is 0 Å². The molecule has 3 atom stereocenters. The summed E-state index contributed by atoms with van der Waals surface area (Å²) in [5.41, 5.74) is 1.54. The zero-order valence-electron chi connectivity index (χ0n) is 7.30. The van der Waals surface area contributed by atoms with Crippen LogP contribution in [0.25, 0.3) is 0 Å².